The van der Waals surface area contributed by atoms with Crippen molar-refractivity contribution in [2.24, 2.45) is 0 Å². The first-order valence-electron chi connectivity index (χ1n) is 7.97. The van der Waals surface area contributed by atoms with Crippen molar-refractivity contribution < 1.29 is 18.9 Å². The number of anilines is 1. The van der Waals surface area contributed by atoms with E-state index in [0.717, 1.165) is 0 Å². The molecule has 0 fully saturated rings. The van der Waals surface area contributed by atoms with E-state index in [9.17, 15) is 14.9 Å². The van der Waals surface area contributed by atoms with Crippen LogP contribution < -0.4 is 10.1 Å². The van der Waals surface area contributed by atoms with Crippen molar-refractivity contribution in [1.29, 1.82) is 0 Å². The molecule has 30 heavy (non-hydrogen) atoms. The number of ether oxygens (including phenoxy) is 1. The predicted octanol–water partition coefficient (Wildman–Crippen LogP) is 7.29. The third-order valence-corrected chi connectivity index (χ3v) is 5.99. The highest BCUT2D eigenvalue weighted by molar-refractivity contribution is 6.55. The van der Waals surface area contributed by atoms with E-state index in [0.29, 0.717) is 5.69 Å². The van der Waals surface area contributed by atoms with Crippen LogP contribution in [-0.2, 0) is 6.61 Å². The maximum atomic E-state index is 12.3. The second kappa shape index (κ2) is 9.32. The molecule has 0 aliphatic heterocycles. The Bertz CT molecular complexity index is 1100. The van der Waals surface area contributed by atoms with Gasteiger partial charge in [-0.2, -0.15) is 0 Å². The first-order chi connectivity index (χ1) is 14.2. The van der Waals surface area contributed by atoms with Crippen molar-refractivity contribution in [3.05, 3.63) is 83.1 Å². The van der Waals surface area contributed by atoms with Gasteiger partial charge in [-0.3, -0.25) is 14.9 Å². The maximum Gasteiger partial charge on any atom is 0.291 e. The number of non-ortho nitro benzene ring substituents is 1. The Morgan fingerprint density at radius 2 is 1.50 bits per heavy atom. The third-order valence-electron chi connectivity index (χ3n) is 3.75. The number of hydrogen-bond donors (Lipinski definition) is 1. The van der Waals surface area contributed by atoms with Gasteiger partial charge < -0.3 is 14.5 Å². The lowest BCUT2D eigenvalue weighted by atomic mass is 10.3. The normalized spacial score (nSPS) is 10.7. The molecular weight excluding hydrogens is 501 g/mol. The highest BCUT2D eigenvalue weighted by Gasteiger charge is 2.21. The Morgan fingerprint density at radius 1 is 0.933 bits per heavy atom. The highest BCUT2D eigenvalue weighted by Crippen LogP contribution is 2.48. The molecule has 1 amide bonds. The summed E-state index contributed by atoms with van der Waals surface area (Å²) in [4.78, 5) is 22.4. The summed E-state index contributed by atoms with van der Waals surface area (Å²) in [5.74, 6) is -0.246. The van der Waals surface area contributed by atoms with Crippen LogP contribution in [0.3, 0.4) is 0 Å². The van der Waals surface area contributed by atoms with Crippen LogP contribution in [-0.4, -0.2) is 10.8 Å². The smallest absolute Gasteiger partial charge is 0.291 e. The van der Waals surface area contributed by atoms with Crippen LogP contribution in [0.15, 0.2) is 40.8 Å². The number of nitro groups is 1. The zero-order chi connectivity index (χ0) is 22.0. The lowest BCUT2D eigenvalue weighted by Gasteiger charge is -2.12. The largest absolute Gasteiger partial charge is 0.482 e. The van der Waals surface area contributed by atoms with Gasteiger partial charge in [0.2, 0.25) is 0 Å². The molecule has 0 bridgehead atoms. The van der Waals surface area contributed by atoms with E-state index >= 15 is 0 Å². The van der Waals surface area contributed by atoms with E-state index in [1.54, 1.807) is 0 Å². The minimum Gasteiger partial charge on any atom is -0.482 e. The molecule has 3 rings (SSSR count). The number of nitrogens with zero attached hydrogens (tertiary/aromatic N) is 1. The molecule has 0 radical (unpaired) electrons. The molecule has 0 saturated heterocycles. The summed E-state index contributed by atoms with van der Waals surface area (Å²) in [6.07, 6.45) is 0. The number of carbonyl (C=O) groups excluding carboxylic acids is 1. The Labute approximate surface area is 194 Å². The fourth-order valence-corrected chi connectivity index (χ4v) is 3.52. The van der Waals surface area contributed by atoms with Gasteiger partial charge in [0.05, 0.1) is 20.0 Å². The SMILES string of the molecule is O=C(Nc1ccc([N+](=O)[O-])cc1)c1ccc(COc2c(Cl)c(Cl)c(Cl)c(Cl)c2Cl)o1. The van der Waals surface area contributed by atoms with E-state index in [4.69, 9.17) is 67.2 Å². The highest BCUT2D eigenvalue weighted by atomic mass is 35.5. The van der Waals surface area contributed by atoms with Crippen molar-refractivity contribution in [2.45, 2.75) is 6.61 Å². The zero-order valence-electron chi connectivity index (χ0n) is 14.5. The topological polar surface area (TPSA) is 94.6 Å². The molecule has 1 heterocycles. The van der Waals surface area contributed by atoms with Gasteiger partial charge in [-0.15, -0.1) is 0 Å². The van der Waals surface area contributed by atoms with Crippen molar-refractivity contribution in [2.75, 3.05) is 5.32 Å². The van der Waals surface area contributed by atoms with Crippen molar-refractivity contribution in [1.82, 2.24) is 0 Å². The van der Waals surface area contributed by atoms with E-state index in [2.05, 4.69) is 5.32 Å². The average Bonchev–Trinajstić information content (AvgIpc) is 3.20. The van der Waals surface area contributed by atoms with Crippen LogP contribution in [0, 0.1) is 10.1 Å². The number of carbonyl (C=O) groups is 1. The van der Waals surface area contributed by atoms with E-state index < -0.39 is 10.8 Å². The van der Waals surface area contributed by atoms with Gasteiger partial charge in [0.1, 0.15) is 22.4 Å². The van der Waals surface area contributed by atoms with Crippen molar-refractivity contribution in [3.63, 3.8) is 0 Å². The molecule has 2 aromatic carbocycles. The summed E-state index contributed by atoms with van der Waals surface area (Å²) in [6, 6.07) is 8.30. The van der Waals surface area contributed by atoms with Crippen LogP contribution in [0.1, 0.15) is 16.3 Å². The monoisotopic (exact) mass is 508 g/mol. The lowest BCUT2D eigenvalue weighted by Crippen LogP contribution is -2.10. The minimum absolute atomic E-state index is 0.00341. The number of amides is 1. The van der Waals surface area contributed by atoms with E-state index in [1.165, 1.54) is 36.4 Å². The number of halogens is 5. The maximum absolute atomic E-state index is 12.3. The standard InChI is InChI=1S/C18H9Cl5N2O5/c19-12-13(20)15(22)17(16(23)14(12)21)29-7-10-5-6-11(30-10)18(26)24-8-1-3-9(4-2-8)25(27)28/h1-6H,7H2,(H,24,26). The molecule has 1 aromatic heterocycles. The molecule has 7 nitrogen and oxygen atoms in total. The number of benzene rings is 2. The fraction of sp³-hybridized carbons (Fsp3) is 0.0556. The number of furan rings is 1. The number of hydrogen-bond acceptors (Lipinski definition) is 5. The molecule has 0 aliphatic carbocycles. The average molecular weight is 511 g/mol. The molecule has 1 N–H and O–H groups in total. The number of nitrogens with one attached hydrogen (secondary N) is 1. The minimum atomic E-state index is -0.552. The van der Waals surface area contributed by atoms with Gasteiger partial charge in [-0.25, -0.2) is 0 Å². The van der Waals surface area contributed by atoms with Crippen LogP contribution in [0.4, 0.5) is 11.4 Å². The van der Waals surface area contributed by atoms with E-state index in [1.807, 2.05) is 0 Å². The summed E-state index contributed by atoms with van der Waals surface area (Å²) in [6.45, 7) is -0.126. The molecule has 0 saturated carbocycles. The summed E-state index contributed by atoms with van der Waals surface area (Å²) in [5, 5.41) is 13.2. The van der Waals surface area contributed by atoms with Crippen LogP contribution in [0.5, 0.6) is 5.75 Å². The molecule has 0 atom stereocenters. The second-order valence-electron chi connectivity index (χ2n) is 5.71. The summed E-state index contributed by atoms with van der Waals surface area (Å²) in [5.41, 5.74) is 0.272. The number of nitro benzene ring substituents is 1. The van der Waals surface area contributed by atoms with Gasteiger partial charge in [0.25, 0.3) is 11.6 Å². The molecule has 0 unspecified atom stereocenters. The second-order valence-corrected chi connectivity index (χ2v) is 7.60. The Kier molecular flexibility index (Phi) is 7.00. The summed E-state index contributed by atoms with van der Waals surface area (Å²) >= 11 is 30.1. The summed E-state index contributed by atoms with van der Waals surface area (Å²) < 4.78 is 11.0. The van der Waals surface area contributed by atoms with Crippen LogP contribution in [0.25, 0.3) is 0 Å². The molecule has 0 spiro atoms. The fourth-order valence-electron chi connectivity index (χ4n) is 2.29. The quantitative estimate of drug-likeness (QED) is 0.163. The zero-order valence-corrected chi connectivity index (χ0v) is 18.3. The van der Waals surface area contributed by atoms with Crippen LogP contribution in [0.2, 0.25) is 25.1 Å². The molecule has 3 aromatic rings. The molecule has 156 valence electrons. The van der Waals surface area contributed by atoms with Gasteiger partial charge >= 0.3 is 0 Å². The molecule has 12 heteroatoms. The predicted molar refractivity (Wildman–Crippen MR) is 116 cm³/mol. The van der Waals surface area contributed by atoms with Crippen molar-refractivity contribution >= 4 is 75.3 Å². The Morgan fingerprint density at radius 3 is 2.07 bits per heavy atom. The van der Waals surface area contributed by atoms with Gasteiger partial charge in [0, 0.05) is 17.8 Å². The molecule has 0 aliphatic rings. The van der Waals surface area contributed by atoms with Gasteiger partial charge in [-0.05, 0) is 24.3 Å². The lowest BCUT2D eigenvalue weighted by molar-refractivity contribution is -0.384. The summed E-state index contributed by atoms with van der Waals surface area (Å²) in [7, 11) is 0. The Hall–Kier alpha value is -2.16. The first kappa shape index (κ1) is 22.5. The number of rotatable bonds is 6. The van der Waals surface area contributed by atoms with Crippen LogP contribution >= 0.6 is 58.0 Å². The molecular formula is C18H9Cl5N2O5. The first-order valence-corrected chi connectivity index (χ1v) is 9.86. The van der Waals surface area contributed by atoms with Gasteiger partial charge in [-0.1, -0.05) is 58.0 Å². The van der Waals surface area contributed by atoms with E-state index in [-0.39, 0.29) is 54.7 Å². The third kappa shape index (κ3) is 4.77. The van der Waals surface area contributed by atoms with Crippen molar-refractivity contribution in [3.8, 4) is 5.75 Å². The Balaban J connectivity index is 1.68. The van der Waals surface area contributed by atoms with Gasteiger partial charge in [0.15, 0.2) is 11.5 Å².